The van der Waals surface area contributed by atoms with Crippen molar-refractivity contribution in [2.75, 3.05) is 5.75 Å². The van der Waals surface area contributed by atoms with E-state index >= 15 is 0 Å². The second-order valence-electron chi connectivity index (χ2n) is 3.91. The smallest absolute Gasteiger partial charge is 0.349 e. The van der Waals surface area contributed by atoms with E-state index in [0.717, 1.165) is 0 Å². The van der Waals surface area contributed by atoms with Crippen LogP contribution in [0.25, 0.3) is 5.65 Å². The Hall–Kier alpha value is -1.83. The van der Waals surface area contributed by atoms with Gasteiger partial charge in [0.05, 0.1) is 5.92 Å². The molecule has 8 heteroatoms. The first-order chi connectivity index (χ1) is 8.49. The van der Waals surface area contributed by atoms with Crippen LogP contribution in [0.2, 0.25) is 0 Å². The second kappa shape index (κ2) is 4.81. The highest BCUT2D eigenvalue weighted by Crippen LogP contribution is 2.19. The first-order valence-electron chi connectivity index (χ1n) is 5.29. The number of hydrogen-bond donors (Lipinski definition) is 2. The van der Waals surface area contributed by atoms with Gasteiger partial charge in [0.15, 0.2) is 5.65 Å². The minimum atomic E-state index is -0.837. The molecule has 0 spiro atoms. The number of hydrogen-bond acceptors (Lipinski definition) is 5. The van der Waals surface area contributed by atoms with Crippen molar-refractivity contribution in [3.63, 3.8) is 0 Å². The second-order valence-corrected chi connectivity index (χ2v) is 4.95. The van der Waals surface area contributed by atoms with E-state index in [1.165, 1.54) is 16.2 Å². The Morgan fingerprint density at radius 3 is 3.06 bits per heavy atom. The van der Waals surface area contributed by atoms with Crippen LogP contribution in [-0.2, 0) is 4.79 Å². The summed E-state index contributed by atoms with van der Waals surface area (Å²) in [6.07, 6.45) is 0. The number of nitrogens with one attached hydrogen (secondary N) is 1. The molecule has 1 unspecified atom stereocenters. The molecule has 7 nitrogen and oxygen atoms in total. The monoisotopic (exact) mass is 268 g/mol. The Morgan fingerprint density at radius 1 is 1.67 bits per heavy atom. The van der Waals surface area contributed by atoms with E-state index < -0.39 is 11.9 Å². The summed E-state index contributed by atoms with van der Waals surface area (Å²) in [5.41, 5.74) is 0.156. The summed E-state index contributed by atoms with van der Waals surface area (Å²) in [7, 11) is 0. The number of thioether (sulfide) groups is 1. The lowest BCUT2D eigenvalue weighted by atomic mass is 10.2. The largest absolute Gasteiger partial charge is 0.481 e. The van der Waals surface area contributed by atoms with Crippen molar-refractivity contribution in [1.82, 2.24) is 19.6 Å². The number of aliphatic carboxylic acids is 1. The summed E-state index contributed by atoms with van der Waals surface area (Å²) in [5.74, 6) is -0.338. The summed E-state index contributed by atoms with van der Waals surface area (Å²) in [6, 6.07) is 1.66. The van der Waals surface area contributed by atoms with E-state index in [-0.39, 0.29) is 5.69 Å². The summed E-state index contributed by atoms with van der Waals surface area (Å²) in [4.78, 5) is 26.3. The molecule has 0 saturated carbocycles. The van der Waals surface area contributed by atoms with Crippen LogP contribution in [0.5, 0.6) is 0 Å². The van der Waals surface area contributed by atoms with Gasteiger partial charge in [0, 0.05) is 11.8 Å². The molecular weight excluding hydrogens is 256 g/mol. The molecule has 0 aliphatic heterocycles. The average molecular weight is 268 g/mol. The molecule has 0 bridgehead atoms. The van der Waals surface area contributed by atoms with E-state index in [4.69, 9.17) is 5.11 Å². The van der Waals surface area contributed by atoms with Crippen LogP contribution in [0.1, 0.15) is 12.7 Å². The van der Waals surface area contributed by atoms with E-state index in [0.29, 0.717) is 22.3 Å². The molecule has 0 aliphatic carbocycles. The average Bonchev–Trinajstić information content (AvgIpc) is 2.68. The Morgan fingerprint density at radius 2 is 2.39 bits per heavy atom. The van der Waals surface area contributed by atoms with Crippen molar-refractivity contribution in [2.24, 2.45) is 5.92 Å². The van der Waals surface area contributed by atoms with Gasteiger partial charge < -0.3 is 5.11 Å². The van der Waals surface area contributed by atoms with Crippen molar-refractivity contribution >= 4 is 23.4 Å². The number of rotatable bonds is 4. The predicted octanol–water partition coefficient (Wildman–Crippen LogP) is 0.539. The normalized spacial score (nSPS) is 12.8. The fourth-order valence-electron chi connectivity index (χ4n) is 1.43. The van der Waals surface area contributed by atoms with E-state index in [9.17, 15) is 9.59 Å². The molecule has 2 N–H and O–H groups in total. The van der Waals surface area contributed by atoms with Gasteiger partial charge in [0.2, 0.25) is 0 Å². The highest BCUT2D eigenvalue weighted by atomic mass is 32.2. The number of carboxylic acids is 1. The molecule has 0 aliphatic rings. The van der Waals surface area contributed by atoms with Crippen LogP contribution in [0, 0.1) is 12.8 Å². The third kappa shape index (κ3) is 2.37. The van der Waals surface area contributed by atoms with Crippen LogP contribution in [0.4, 0.5) is 0 Å². The quantitative estimate of drug-likeness (QED) is 0.620. The molecule has 1 atom stereocenters. The molecular formula is C10H12N4O3S. The van der Waals surface area contributed by atoms with Gasteiger partial charge in [-0.2, -0.15) is 5.10 Å². The molecule has 0 aromatic carbocycles. The lowest BCUT2D eigenvalue weighted by molar-refractivity contribution is -0.140. The number of aromatic nitrogens is 4. The van der Waals surface area contributed by atoms with Gasteiger partial charge >= 0.3 is 11.7 Å². The van der Waals surface area contributed by atoms with Crippen molar-refractivity contribution in [2.45, 2.75) is 18.9 Å². The topological polar surface area (TPSA) is 100 Å². The molecule has 2 heterocycles. The number of fused-ring (bicyclic) bond motifs is 1. The highest BCUT2D eigenvalue weighted by molar-refractivity contribution is 7.99. The number of aryl methyl sites for hydroxylation is 1. The van der Waals surface area contributed by atoms with Crippen LogP contribution in [-0.4, -0.2) is 36.4 Å². The number of carbonyl (C=O) groups is 1. The minimum absolute atomic E-state index is 0.328. The number of aromatic amines is 1. The first-order valence-corrected chi connectivity index (χ1v) is 6.28. The van der Waals surface area contributed by atoms with Gasteiger partial charge in [0.25, 0.3) is 0 Å². The van der Waals surface area contributed by atoms with Gasteiger partial charge in [-0.3, -0.25) is 4.79 Å². The number of carboxylic acid groups (broad SMARTS) is 1. The zero-order valence-corrected chi connectivity index (χ0v) is 10.7. The van der Waals surface area contributed by atoms with Crippen LogP contribution < -0.4 is 5.69 Å². The SMILES string of the molecule is Cc1nc(SCC(C)C(=O)O)cc2n[nH]c(=O)n12. The standard InChI is InChI=1S/C10H12N4O3S/c1-5(9(15)16)4-18-8-3-7-12-13-10(17)14(7)6(2)11-8/h3,5H,4H2,1-2H3,(H,13,17)(H,15,16). The summed E-state index contributed by atoms with van der Waals surface area (Å²) in [5, 5.41) is 15.7. The third-order valence-corrected chi connectivity index (χ3v) is 3.62. The van der Waals surface area contributed by atoms with E-state index in [1.807, 2.05) is 0 Å². The lowest BCUT2D eigenvalue weighted by Crippen LogP contribution is -2.14. The van der Waals surface area contributed by atoms with Gasteiger partial charge in [-0.25, -0.2) is 19.3 Å². The molecule has 0 radical (unpaired) electrons. The molecule has 2 aromatic heterocycles. The molecule has 2 rings (SSSR count). The third-order valence-electron chi connectivity index (χ3n) is 2.45. The van der Waals surface area contributed by atoms with Crippen LogP contribution in [0.3, 0.4) is 0 Å². The number of H-pyrrole nitrogens is 1. The Labute approximate surface area is 106 Å². The maximum absolute atomic E-state index is 11.4. The molecule has 0 fully saturated rings. The lowest BCUT2D eigenvalue weighted by Gasteiger charge is -2.06. The van der Waals surface area contributed by atoms with Crippen LogP contribution in [0.15, 0.2) is 15.9 Å². The number of nitrogens with zero attached hydrogens (tertiary/aromatic N) is 3. The van der Waals surface area contributed by atoms with Gasteiger partial charge in [0.1, 0.15) is 10.9 Å². The molecule has 0 amide bonds. The fraction of sp³-hybridized carbons (Fsp3) is 0.400. The predicted molar refractivity (Wildman–Crippen MR) is 65.9 cm³/mol. The zero-order chi connectivity index (χ0) is 13.3. The Bertz CT molecular complexity index is 648. The summed E-state index contributed by atoms with van der Waals surface area (Å²) >= 11 is 1.33. The Balaban J connectivity index is 2.25. The van der Waals surface area contributed by atoms with Gasteiger partial charge in [-0.05, 0) is 6.92 Å². The fourth-order valence-corrected chi connectivity index (χ4v) is 2.38. The summed E-state index contributed by atoms with van der Waals surface area (Å²) in [6.45, 7) is 3.34. The molecule has 18 heavy (non-hydrogen) atoms. The minimum Gasteiger partial charge on any atom is -0.481 e. The van der Waals surface area contributed by atoms with E-state index in [1.54, 1.807) is 19.9 Å². The Kier molecular flexibility index (Phi) is 3.37. The maximum atomic E-state index is 11.4. The molecule has 0 saturated heterocycles. The van der Waals surface area contributed by atoms with Gasteiger partial charge in [-0.1, -0.05) is 6.92 Å². The summed E-state index contributed by atoms with van der Waals surface area (Å²) < 4.78 is 1.37. The first kappa shape index (κ1) is 12.6. The molecule has 2 aromatic rings. The maximum Gasteiger partial charge on any atom is 0.349 e. The van der Waals surface area contributed by atoms with Crippen molar-refractivity contribution < 1.29 is 9.90 Å². The van der Waals surface area contributed by atoms with Crippen molar-refractivity contribution in [1.29, 1.82) is 0 Å². The van der Waals surface area contributed by atoms with Crippen molar-refractivity contribution in [3.8, 4) is 0 Å². The highest BCUT2D eigenvalue weighted by Gasteiger charge is 2.13. The van der Waals surface area contributed by atoms with Crippen molar-refractivity contribution in [3.05, 3.63) is 22.4 Å². The van der Waals surface area contributed by atoms with Gasteiger partial charge in [-0.15, -0.1) is 11.8 Å². The van der Waals surface area contributed by atoms with E-state index in [2.05, 4.69) is 15.2 Å². The zero-order valence-electron chi connectivity index (χ0n) is 9.88. The molecule has 96 valence electrons. The van der Waals surface area contributed by atoms with Crippen LogP contribution >= 0.6 is 11.8 Å².